The molecule has 1 aliphatic rings. The van der Waals surface area contributed by atoms with E-state index < -0.39 is 5.82 Å². The van der Waals surface area contributed by atoms with Crippen LogP contribution in [0.2, 0.25) is 0 Å². The molecular formula is C20H19FN4O2S. The predicted octanol–water partition coefficient (Wildman–Crippen LogP) is 3.94. The van der Waals surface area contributed by atoms with Crippen LogP contribution in [0.15, 0.2) is 18.2 Å². The fourth-order valence-corrected chi connectivity index (χ4v) is 4.15. The Bertz CT molecular complexity index is 1070. The number of morpholine rings is 1. The van der Waals surface area contributed by atoms with E-state index in [4.69, 9.17) is 19.7 Å². The molecule has 0 unspecified atom stereocenters. The Hall–Kier alpha value is -2.60. The van der Waals surface area contributed by atoms with Gasteiger partial charge >= 0.3 is 0 Å². The van der Waals surface area contributed by atoms with Crippen LogP contribution in [0.1, 0.15) is 21.8 Å². The fourth-order valence-electron chi connectivity index (χ4n) is 3.12. The van der Waals surface area contributed by atoms with Crippen molar-refractivity contribution in [1.82, 2.24) is 14.9 Å². The van der Waals surface area contributed by atoms with Gasteiger partial charge in [0.05, 0.1) is 36.8 Å². The van der Waals surface area contributed by atoms with E-state index in [2.05, 4.69) is 9.88 Å². The van der Waals surface area contributed by atoms with E-state index in [-0.39, 0.29) is 11.3 Å². The molecule has 0 N–H and O–H groups in total. The standard InChI is InChI=1S/C20H19FN4O2S/c1-12-13(2)28-20-18(12)19(27-16-4-3-14(10-22)9-15(16)21)23-17(24-20)11-25-5-7-26-8-6-25/h3-4,9H,5-8,11H2,1-2H3. The van der Waals surface area contributed by atoms with Gasteiger partial charge in [0.25, 0.3) is 0 Å². The van der Waals surface area contributed by atoms with E-state index in [1.54, 1.807) is 11.3 Å². The van der Waals surface area contributed by atoms with E-state index in [0.717, 1.165) is 39.8 Å². The average molecular weight is 398 g/mol. The highest BCUT2D eigenvalue weighted by atomic mass is 32.1. The molecule has 1 aromatic carbocycles. The number of rotatable bonds is 4. The fraction of sp³-hybridized carbons (Fsp3) is 0.350. The van der Waals surface area contributed by atoms with Crippen LogP contribution < -0.4 is 4.74 Å². The van der Waals surface area contributed by atoms with E-state index in [0.29, 0.717) is 31.5 Å². The monoisotopic (exact) mass is 398 g/mol. The molecule has 0 radical (unpaired) electrons. The lowest BCUT2D eigenvalue weighted by atomic mass is 10.2. The first-order valence-corrected chi connectivity index (χ1v) is 9.81. The van der Waals surface area contributed by atoms with Crippen LogP contribution in [0.25, 0.3) is 10.2 Å². The maximum absolute atomic E-state index is 14.4. The molecule has 0 spiro atoms. The molecule has 28 heavy (non-hydrogen) atoms. The van der Waals surface area contributed by atoms with Crippen molar-refractivity contribution in [2.75, 3.05) is 26.3 Å². The van der Waals surface area contributed by atoms with E-state index in [9.17, 15) is 4.39 Å². The SMILES string of the molecule is Cc1sc2nc(CN3CCOCC3)nc(Oc3ccc(C#N)cc3F)c2c1C. The molecule has 144 valence electrons. The third kappa shape index (κ3) is 3.69. The summed E-state index contributed by atoms with van der Waals surface area (Å²) in [7, 11) is 0. The number of aryl methyl sites for hydroxylation is 2. The largest absolute Gasteiger partial charge is 0.435 e. The molecule has 2 aromatic heterocycles. The molecule has 0 saturated carbocycles. The Balaban J connectivity index is 1.73. The van der Waals surface area contributed by atoms with Gasteiger partial charge in [-0.25, -0.2) is 9.37 Å². The second-order valence-corrected chi connectivity index (χ2v) is 7.86. The number of fused-ring (bicyclic) bond motifs is 1. The van der Waals surface area contributed by atoms with Gasteiger partial charge in [-0.2, -0.15) is 10.2 Å². The first-order valence-electron chi connectivity index (χ1n) is 8.99. The van der Waals surface area contributed by atoms with Gasteiger partial charge in [-0.05, 0) is 37.6 Å². The van der Waals surface area contributed by atoms with Gasteiger partial charge in [0.2, 0.25) is 5.88 Å². The van der Waals surface area contributed by atoms with Gasteiger partial charge in [0.1, 0.15) is 10.7 Å². The Morgan fingerprint density at radius 1 is 1.29 bits per heavy atom. The normalized spacial score (nSPS) is 14.9. The molecular weight excluding hydrogens is 379 g/mol. The van der Waals surface area contributed by atoms with Crippen molar-refractivity contribution in [2.24, 2.45) is 0 Å². The number of hydrogen-bond acceptors (Lipinski definition) is 7. The van der Waals surface area contributed by atoms with Crippen LogP contribution >= 0.6 is 11.3 Å². The number of hydrogen-bond donors (Lipinski definition) is 0. The van der Waals surface area contributed by atoms with E-state index in [1.807, 2.05) is 19.9 Å². The van der Waals surface area contributed by atoms with Crippen molar-refractivity contribution >= 4 is 21.6 Å². The Morgan fingerprint density at radius 3 is 2.79 bits per heavy atom. The van der Waals surface area contributed by atoms with Gasteiger partial charge in [-0.3, -0.25) is 4.90 Å². The molecule has 0 aliphatic carbocycles. The molecule has 8 heteroatoms. The lowest BCUT2D eigenvalue weighted by Crippen LogP contribution is -2.36. The first kappa shape index (κ1) is 18.7. The quantitative estimate of drug-likeness (QED) is 0.663. The van der Waals surface area contributed by atoms with Crippen LogP contribution in [0.3, 0.4) is 0 Å². The summed E-state index contributed by atoms with van der Waals surface area (Å²) in [5.74, 6) is 0.433. The number of thiophene rings is 1. The molecule has 0 bridgehead atoms. The number of aromatic nitrogens is 2. The van der Waals surface area contributed by atoms with Crippen molar-refractivity contribution in [1.29, 1.82) is 5.26 Å². The van der Waals surface area contributed by atoms with E-state index in [1.165, 1.54) is 12.1 Å². The topological polar surface area (TPSA) is 71.3 Å². The number of ether oxygens (including phenoxy) is 2. The number of halogens is 1. The van der Waals surface area contributed by atoms with Crippen molar-refractivity contribution in [3.8, 4) is 17.7 Å². The maximum Gasteiger partial charge on any atom is 0.231 e. The number of nitrogens with zero attached hydrogens (tertiary/aromatic N) is 4. The van der Waals surface area contributed by atoms with Crippen LogP contribution in [-0.4, -0.2) is 41.2 Å². The minimum absolute atomic E-state index is 0.0413. The van der Waals surface area contributed by atoms with Gasteiger partial charge in [0, 0.05) is 18.0 Å². The molecule has 1 saturated heterocycles. The third-order valence-corrected chi connectivity index (χ3v) is 5.88. The summed E-state index contributed by atoms with van der Waals surface area (Å²) in [6, 6.07) is 6.06. The number of benzene rings is 1. The summed E-state index contributed by atoms with van der Waals surface area (Å²) in [6.45, 7) is 7.63. The molecule has 3 aromatic rings. The molecule has 0 atom stereocenters. The van der Waals surface area contributed by atoms with Crippen LogP contribution in [0, 0.1) is 31.0 Å². The highest BCUT2D eigenvalue weighted by molar-refractivity contribution is 7.18. The minimum atomic E-state index is -0.592. The molecule has 1 fully saturated rings. The zero-order valence-corrected chi connectivity index (χ0v) is 16.5. The third-order valence-electron chi connectivity index (χ3n) is 4.78. The minimum Gasteiger partial charge on any atom is -0.435 e. The van der Waals surface area contributed by atoms with Crippen LogP contribution in [0.5, 0.6) is 11.6 Å². The lowest BCUT2D eigenvalue weighted by molar-refractivity contribution is 0.0330. The van der Waals surface area contributed by atoms with Gasteiger partial charge in [-0.1, -0.05) is 0 Å². The second-order valence-electron chi connectivity index (χ2n) is 6.66. The molecule has 1 aliphatic heterocycles. The Labute approximate surface area is 166 Å². The molecule has 3 heterocycles. The molecule has 6 nitrogen and oxygen atoms in total. The second kappa shape index (κ2) is 7.80. The summed E-state index contributed by atoms with van der Waals surface area (Å²) >= 11 is 1.58. The Kier molecular flexibility index (Phi) is 5.22. The zero-order valence-electron chi connectivity index (χ0n) is 15.7. The van der Waals surface area contributed by atoms with Crippen molar-refractivity contribution < 1.29 is 13.9 Å². The summed E-state index contributed by atoms with van der Waals surface area (Å²) in [5.41, 5.74) is 1.27. The molecule has 4 rings (SSSR count). The Morgan fingerprint density at radius 2 is 2.07 bits per heavy atom. The predicted molar refractivity (Wildman–Crippen MR) is 104 cm³/mol. The van der Waals surface area contributed by atoms with Crippen LogP contribution in [0.4, 0.5) is 4.39 Å². The van der Waals surface area contributed by atoms with Crippen LogP contribution in [-0.2, 0) is 11.3 Å². The zero-order chi connectivity index (χ0) is 19.7. The highest BCUT2D eigenvalue weighted by Gasteiger charge is 2.20. The average Bonchev–Trinajstić information content (AvgIpc) is 2.98. The first-order chi connectivity index (χ1) is 13.5. The maximum atomic E-state index is 14.4. The summed E-state index contributed by atoms with van der Waals surface area (Å²) in [6.07, 6.45) is 0. The van der Waals surface area contributed by atoms with Crippen molar-refractivity contribution in [3.05, 3.63) is 45.8 Å². The summed E-state index contributed by atoms with van der Waals surface area (Å²) in [5, 5.41) is 9.73. The van der Waals surface area contributed by atoms with Crippen molar-refractivity contribution in [3.63, 3.8) is 0 Å². The van der Waals surface area contributed by atoms with Crippen molar-refractivity contribution in [2.45, 2.75) is 20.4 Å². The van der Waals surface area contributed by atoms with E-state index >= 15 is 0 Å². The van der Waals surface area contributed by atoms with Gasteiger partial charge in [-0.15, -0.1) is 11.3 Å². The number of nitriles is 1. The highest BCUT2D eigenvalue weighted by Crippen LogP contribution is 2.37. The summed E-state index contributed by atoms with van der Waals surface area (Å²) < 4.78 is 25.6. The van der Waals surface area contributed by atoms with Gasteiger partial charge < -0.3 is 9.47 Å². The molecule has 0 amide bonds. The summed E-state index contributed by atoms with van der Waals surface area (Å²) in [4.78, 5) is 13.5. The van der Waals surface area contributed by atoms with Gasteiger partial charge in [0.15, 0.2) is 11.6 Å². The smallest absolute Gasteiger partial charge is 0.231 e. The lowest BCUT2D eigenvalue weighted by Gasteiger charge is -2.25.